The summed E-state index contributed by atoms with van der Waals surface area (Å²) in [4.78, 5) is 10.9. The van der Waals surface area contributed by atoms with Crippen molar-refractivity contribution in [1.29, 1.82) is 0 Å². The van der Waals surface area contributed by atoms with Gasteiger partial charge in [0.2, 0.25) is 0 Å². The molecule has 0 aliphatic carbocycles. The zero-order chi connectivity index (χ0) is 15.8. The molecule has 0 saturated carbocycles. The Morgan fingerprint density at radius 3 is 2.96 bits per heavy atom. The molecule has 1 aliphatic heterocycles. The van der Waals surface area contributed by atoms with Gasteiger partial charge in [0.1, 0.15) is 17.0 Å². The fourth-order valence-corrected chi connectivity index (χ4v) is 3.03. The van der Waals surface area contributed by atoms with Crippen LogP contribution in [0, 0.1) is 10.1 Å². The average molecular weight is 309 g/mol. The quantitative estimate of drug-likeness (QED) is 0.564. The number of nitro groups is 1. The molecule has 1 aromatic heterocycles. The number of anilines is 2. The third-order valence-corrected chi connectivity index (χ3v) is 4.09. The van der Waals surface area contributed by atoms with Gasteiger partial charge in [-0.1, -0.05) is 18.2 Å². The second-order valence-electron chi connectivity index (χ2n) is 5.52. The lowest BCUT2D eigenvalue weighted by Gasteiger charge is -2.10. The van der Waals surface area contributed by atoms with E-state index in [4.69, 9.17) is 4.42 Å². The van der Waals surface area contributed by atoms with E-state index in [9.17, 15) is 10.1 Å². The van der Waals surface area contributed by atoms with E-state index in [1.807, 2.05) is 30.3 Å². The molecule has 2 N–H and O–H groups in total. The number of rotatable bonds is 4. The van der Waals surface area contributed by atoms with Gasteiger partial charge in [-0.15, -0.1) is 0 Å². The van der Waals surface area contributed by atoms with Crippen LogP contribution in [0.1, 0.15) is 11.3 Å². The van der Waals surface area contributed by atoms with Gasteiger partial charge in [0.05, 0.1) is 11.5 Å². The van der Waals surface area contributed by atoms with Crippen molar-refractivity contribution in [2.24, 2.45) is 0 Å². The number of hydrogen-bond donors (Lipinski definition) is 2. The SMILES string of the molecule is O=[N+]([O-])c1ccc2c(c1NCc1cc3ccccc3o1)CCN2. The number of nitro benzene ring substituents is 1. The molecule has 0 atom stereocenters. The van der Waals surface area contributed by atoms with Crippen LogP contribution < -0.4 is 10.6 Å². The Bertz CT molecular complexity index is 868. The van der Waals surface area contributed by atoms with E-state index in [0.717, 1.165) is 40.9 Å². The molecule has 23 heavy (non-hydrogen) atoms. The molecule has 0 fully saturated rings. The number of benzene rings is 2. The van der Waals surface area contributed by atoms with Crippen LogP contribution in [0.2, 0.25) is 0 Å². The molecular formula is C17H15N3O3. The summed E-state index contributed by atoms with van der Waals surface area (Å²) in [6.07, 6.45) is 0.777. The number of para-hydroxylation sites is 1. The molecule has 4 rings (SSSR count). The van der Waals surface area contributed by atoms with Crippen LogP contribution in [0.5, 0.6) is 0 Å². The lowest BCUT2D eigenvalue weighted by molar-refractivity contribution is -0.384. The first kappa shape index (κ1) is 13.6. The van der Waals surface area contributed by atoms with Crippen molar-refractivity contribution in [3.63, 3.8) is 0 Å². The summed E-state index contributed by atoms with van der Waals surface area (Å²) < 4.78 is 5.76. The second kappa shape index (κ2) is 5.31. The number of nitrogens with one attached hydrogen (secondary N) is 2. The molecule has 6 nitrogen and oxygen atoms in total. The van der Waals surface area contributed by atoms with Gasteiger partial charge < -0.3 is 15.1 Å². The predicted octanol–water partition coefficient (Wildman–Crippen LogP) is 3.92. The lowest BCUT2D eigenvalue weighted by atomic mass is 10.1. The van der Waals surface area contributed by atoms with Gasteiger partial charge >= 0.3 is 0 Å². The summed E-state index contributed by atoms with van der Waals surface area (Å²) >= 11 is 0. The molecule has 0 unspecified atom stereocenters. The topological polar surface area (TPSA) is 80.3 Å². The van der Waals surface area contributed by atoms with Crippen molar-refractivity contribution >= 4 is 28.0 Å². The van der Waals surface area contributed by atoms with Crippen LogP contribution in [-0.2, 0) is 13.0 Å². The monoisotopic (exact) mass is 309 g/mol. The summed E-state index contributed by atoms with van der Waals surface area (Å²) in [6, 6.07) is 13.0. The minimum absolute atomic E-state index is 0.101. The average Bonchev–Trinajstić information content (AvgIpc) is 3.18. The Balaban J connectivity index is 1.65. The van der Waals surface area contributed by atoms with E-state index in [1.165, 1.54) is 6.07 Å². The zero-order valence-corrected chi connectivity index (χ0v) is 12.3. The second-order valence-corrected chi connectivity index (χ2v) is 5.52. The van der Waals surface area contributed by atoms with Crippen molar-refractivity contribution in [3.8, 4) is 0 Å². The molecule has 0 bridgehead atoms. The van der Waals surface area contributed by atoms with Gasteiger partial charge in [0, 0.05) is 29.2 Å². The summed E-state index contributed by atoms with van der Waals surface area (Å²) in [6.45, 7) is 1.21. The van der Waals surface area contributed by atoms with Crippen molar-refractivity contribution in [2.45, 2.75) is 13.0 Å². The Morgan fingerprint density at radius 1 is 1.26 bits per heavy atom. The first-order chi connectivity index (χ1) is 11.2. The largest absolute Gasteiger partial charge is 0.459 e. The van der Waals surface area contributed by atoms with Gasteiger partial charge in [0.25, 0.3) is 5.69 Å². The molecule has 0 spiro atoms. The van der Waals surface area contributed by atoms with Crippen LogP contribution in [0.25, 0.3) is 11.0 Å². The molecule has 116 valence electrons. The van der Waals surface area contributed by atoms with Gasteiger partial charge in [-0.3, -0.25) is 10.1 Å². The highest BCUT2D eigenvalue weighted by Crippen LogP contribution is 2.37. The molecular weight excluding hydrogens is 294 g/mol. The van der Waals surface area contributed by atoms with Gasteiger partial charge in [-0.2, -0.15) is 0 Å². The van der Waals surface area contributed by atoms with Crippen molar-refractivity contribution in [3.05, 3.63) is 63.9 Å². The maximum atomic E-state index is 11.3. The normalized spacial score (nSPS) is 12.9. The highest BCUT2D eigenvalue weighted by atomic mass is 16.6. The minimum atomic E-state index is -0.348. The number of furan rings is 1. The van der Waals surface area contributed by atoms with Crippen LogP contribution in [0.4, 0.5) is 17.1 Å². The Labute approximate surface area is 132 Å². The van der Waals surface area contributed by atoms with Gasteiger partial charge in [0.15, 0.2) is 0 Å². The highest BCUT2D eigenvalue weighted by Gasteiger charge is 2.23. The summed E-state index contributed by atoms with van der Waals surface area (Å²) in [5.41, 5.74) is 3.43. The minimum Gasteiger partial charge on any atom is -0.459 e. The molecule has 2 aromatic carbocycles. The predicted molar refractivity (Wildman–Crippen MR) is 88.8 cm³/mol. The van der Waals surface area contributed by atoms with Gasteiger partial charge in [-0.25, -0.2) is 0 Å². The first-order valence-electron chi connectivity index (χ1n) is 7.48. The Kier molecular flexibility index (Phi) is 3.15. The highest BCUT2D eigenvalue weighted by molar-refractivity contribution is 5.79. The summed E-state index contributed by atoms with van der Waals surface area (Å²) in [5, 5.41) is 18.8. The molecule has 3 aromatic rings. The first-order valence-corrected chi connectivity index (χ1v) is 7.48. The molecule has 1 aliphatic rings. The fourth-order valence-electron chi connectivity index (χ4n) is 3.03. The smallest absolute Gasteiger partial charge is 0.292 e. The summed E-state index contributed by atoms with van der Waals surface area (Å²) in [7, 11) is 0. The van der Waals surface area contributed by atoms with Crippen LogP contribution in [0.3, 0.4) is 0 Å². The standard InChI is InChI=1S/C17H15N3O3/c21-20(22)15-6-5-14-13(7-8-18-14)17(15)19-10-12-9-11-3-1-2-4-16(11)23-12/h1-6,9,18-19H,7-8,10H2. The van der Waals surface area contributed by atoms with Crippen LogP contribution >= 0.6 is 0 Å². The van der Waals surface area contributed by atoms with Crippen LogP contribution in [0.15, 0.2) is 46.9 Å². The molecule has 0 radical (unpaired) electrons. The van der Waals surface area contributed by atoms with E-state index < -0.39 is 0 Å². The van der Waals surface area contributed by atoms with Gasteiger partial charge in [-0.05, 0) is 24.6 Å². The van der Waals surface area contributed by atoms with Crippen molar-refractivity contribution in [2.75, 3.05) is 17.2 Å². The van der Waals surface area contributed by atoms with Crippen molar-refractivity contribution in [1.82, 2.24) is 0 Å². The Hall–Kier alpha value is -3.02. The number of hydrogen-bond acceptors (Lipinski definition) is 5. The third kappa shape index (κ3) is 2.38. The Morgan fingerprint density at radius 2 is 2.13 bits per heavy atom. The van der Waals surface area contributed by atoms with E-state index in [0.29, 0.717) is 12.2 Å². The van der Waals surface area contributed by atoms with E-state index in [2.05, 4.69) is 10.6 Å². The number of fused-ring (bicyclic) bond motifs is 2. The van der Waals surface area contributed by atoms with Crippen LogP contribution in [-0.4, -0.2) is 11.5 Å². The summed E-state index contributed by atoms with van der Waals surface area (Å²) in [5.74, 6) is 0.754. The molecule has 0 amide bonds. The van der Waals surface area contributed by atoms with E-state index in [-0.39, 0.29) is 10.6 Å². The third-order valence-electron chi connectivity index (χ3n) is 4.09. The number of nitrogens with zero attached hydrogens (tertiary/aromatic N) is 1. The molecule has 6 heteroatoms. The van der Waals surface area contributed by atoms with E-state index >= 15 is 0 Å². The zero-order valence-electron chi connectivity index (χ0n) is 12.3. The molecule has 2 heterocycles. The van der Waals surface area contributed by atoms with E-state index in [1.54, 1.807) is 6.07 Å². The fraction of sp³-hybridized carbons (Fsp3) is 0.176. The molecule has 0 saturated heterocycles. The maximum Gasteiger partial charge on any atom is 0.292 e. The maximum absolute atomic E-state index is 11.3. The lowest BCUT2D eigenvalue weighted by Crippen LogP contribution is -2.04. The van der Waals surface area contributed by atoms with Crippen molar-refractivity contribution < 1.29 is 9.34 Å².